The van der Waals surface area contributed by atoms with Gasteiger partial charge in [0.15, 0.2) is 0 Å². The third-order valence-corrected chi connectivity index (χ3v) is 0. The summed E-state index contributed by atoms with van der Waals surface area (Å²) < 4.78 is 8.06. The lowest BCUT2D eigenvalue weighted by atomic mass is 11.0. The van der Waals surface area contributed by atoms with Crippen molar-refractivity contribution in [3.05, 3.63) is 0 Å². The van der Waals surface area contributed by atoms with Crippen molar-refractivity contribution in [3.8, 4) is 6.07 Å². The van der Waals surface area contributed by atoms with Crippen molar-refractivity contribution in [1.82, 2.24) is 0 Å². The number of nitrogens with zero attached hydrogens (tertiary/aromatic N) is 1. The van der Waals surface area contributed by atoms with Crippen molar-refractivity contribution in [2.24, 2.45) is 0 Å². The van der Waals surface area contributed by atoms with Crippen LogP contribution in [-0.4, -0.2) is 4.21 Å². The van der Waals surface area contributed by atoms with E-state index in [9.17, 15) is 0 Å². The zero-order valence-corrected chi connectivity index (χ0v) is 3.86. The minimum Gasteiger partial charge on any atom is -0.266 e. The third-order valence-electron chi connectivity index (χ3n) is 0. The molecule has 0 bridgehead atoms. The molecule has 0 aromatic rings. The first-order chi connectivity index (χ1) is 2.41. The first-order valence-electron chi connectivity index (χ1n) is 0.928. The van der Waals surface area contributed by atoms with Crippen LogP contribution in [0.1, 0.15) is 6.92 Å². The summed E-state index contributed by atoms with van der Waals surface area (Å²) in [6.45, 7) is 1.43. The summed E-state index contributed by atoms with van der Waals surface area (Å²) in [7, 11) is 0. The Kier molecular flexibility index (Phi) is 109. The first kappa shape index (κ1) is 8.82. The normalized spacial score (nSPS) is 2.60. The maximum Gasteiger partial charge on any atom is 0.0587 e. The van der Waals surface area contributed by atoms with Gasteiger partial charge in [-0.25, -0.2) is 0 Å². The van der Waals surface area contributed by atoms with Gasteiger partial charge in [0.25, 0.3) is 0 Å². The van der Waals surface area contributed by atoms with E-state index in [2.05, 4.69) is 0 Å². The number of nitriles is 1. The van der Waals surface area contributed by atoms with E-state index in [0.717, 1.165) is 0 Å². The van der Waals surface area contributed by atoms with Crippen LogP contribution >= 0.6 is 0 Å². The second-order valence-corrected chi connectivity index (χ2v) is 0.224. The number of hydrogen-bond donors (Lipinski definition) is 0. The molecule has 0 heterocycles. The summed E-state index contributed by atoms with van der Waals surface area (Å²) in [5.41, 5.74) is 0. The largest absolute Gasteiger partial charge is 0.266 e. The lowest BCUT2D eigenvalue weighted by molar-refractivity contribution is 0.702. The van der Waals surface area contributed by atoms with Gasteiger partial charge in [0.05, 0.1) is 6.07 Å². The van der Waals surface area contributed by atoms with Gasteiger partial charge in [-0.05, 0) is 12.5 Å². The smallest absolute Gasteiger partial charge is 0.0587 e. The zero-order chi connectivity index (χ0) is 4.71. The molecule has 0 atom stereocenters. The van der Waals surface area contributed by atoms with Crippen LogP contribution in [0.3, 0.4) is 0 Å². The number of hydrogen-bond acceptors (Lipinski definition) is 2. The van der Waals surface area contributed by atoms with Crippen LogP contribution in [0, 0.1) is 11.3 Å². The first-order valence-corrected chi connectivity index (χ1v) is 1.34. The van der Waals surface area contributed by atoms with Gasteiger partial charge in [-0.2, -0.15) is 5.26 Å². The molecule has 0 aromatic carbocycles. The molecule has 5 heavy (non-hydrogen) atoms. The zero-order valence-electron chi connectivity index (χ0n) is 2.86. The minimum atomic E-state index is 1.43. The average molecular weight is 91.1 g/mol. The van der Waals surface area contributed by atoms with Crippen LogP contribution < -0.4 is 0 Å². The fourth-order valence-corrected chi connectivity index (χ4v) is 0. The lowest BCUT2D eigenvalue weighted by Crippen LogP contribution is -1.10. The highest BCUT2D eigenvalue weighted by Crippen LogP contribution is 1.21. The van der Waals surface area contributed by atoms with Gasteiger partial charge in [0, 0.05) is 6.92 Å². The molecule has 0 amide bonds. The number of rotatable bonds is 0. The van der Waals surface area contributed by atoms with Gasteiger partial charge in [0.2, 0.25) is 0 Å². The van der Waals surface area contributed by atoms with E-state index in [1.807, 2.05) is 0 Å². The van der Waals surface area contributed by atoms with Crippen LogP contribution in [-0.2, 0) is 12.5 Å². The van der Waals surface area contributed by atoms with E-state index in [1.54, 1.807) is 18.6 Å². The van der Waals surface area contributed by atoms with Crippen LogP contribution in [0.25, 0.3) is 0 Å². The minimum absolute atomic E-state index is 1.43. The second-order valence-electron chi connectivity index (χ2n) is 0.224. The van der Waals surface area contributed by atoms with Crippen LogP contribution in [0.5, 0.6) is 0 Å². The van der Waals surface area contributed by atoms with Gasteiger partial charge in [-0.3, -0.25) is 4.21 Å². The predicted molar refractivity (Wildman–Crippen MR) is 22.2 cm³/mol. The molecule has 0 N–H and O–H groups in total. The van der Waals surface area contributed by atoms with Gasteiger partial charge in [-0.15, -0.1) is 0 Å². The van der Waals surface area contributed by atoms with Crippen LogP contribution in [0.15, 0.2) is 0 Å². The SMILES string of the molecule is CC#N.O=[SH2]. The van der Waals surface area contributed by atoms with E-state index < -0.39 is 0 Å². The van der Waals surface area contributed by atoms with E-state index >= 15 is 0 Å². The maximum atomic E-state index is 8.06. The molecule has 0 aliphatic rings. The molecule has 2 nitrogen and oxygen atoms in total. The molecule has 0 fully saturated rings. The molecule has 30 valence electrons. The highest BCUT2D eigenvalue weighted by molar-refractivity contribution is 7.44. The van der Waals surface area contributed by atoms with Gasteiger partial charge >= 0.3 is 0 Å². The Bertz CT molecular complexity index is 39.4. The summed E-state index contributed by atoms with van der Waals surface area (Å²) in [4.78, 5) is 0. The summed E-state index contributed by atoms with van der Waals surface area (Å²) >= 11 is 1.72. The van der Waals surface area contributed by atoms with Crippen molar-refractivity contribution in [3.63, 3.8) is 0 Å². The summed E-state index contributed by atoms with van der Waals surface area (Å²) in [5, 5.41) is 7.32. The molecule has 0 aliphatic heterocycles. The van der Waals surface area contributed by atoms with E-state index in [1.165, 1.54) is 6.92 Å². The third kappa shape index (κ3) is 75.5. The second kappa shape index (κ2) is 61.9. The van der Waals surface area contributed by atoms with Gasteiger partial charge in [-0.1, -0.05) is 0 Å². The van der Waals surface area contributed by atoms with Crippen molar-refractivity contribution >= 4 is 12.5 Å². The van der Waals surface area contributed by atoms with Crippen LogP contribution in [0.2, 0.25) is 0 Å². The fraction of sp³-hybridized carbons (Fsp3) is 0.500. The van der Waals surface area contributed by atoms with Gasteiger partial charge in [0.1, 0.15) is 0 Å². The summed E-state index contributed by atoms with van der Waals surface area (Å²) in [5.74, 6) is 0. The molecule has 0 unspecified atom stereocenters. The standard InChI is InChI=1S/C2H3N.H2OS/c1-2-3;1-2/h1H3;2H2. The van der Waals surface area contributed by atoms with Crippen molar-refractivity contribution in [2.45, 2.75) is 6.92 Å². The Morgan fingerprint density at radius 1 is 1.80 bits per heavy atom. The van der Waals surface area contributed by atoms with E-state index in [0.29, 0.717) is 0 Å². The molecule has 0 aromatic heterocycles. The molecule has 0 saturated heterocycles. The molecule has 0 rings (SSSR count). The van der Waals surface area contributed by atoms with Crippen molar-refractivity contribution in [2.75, 3.05) is 0 Å². The molecule has 0 radical (unpaired) electrons. The highest BCUT2D eigenvalue weighted by Gasteiger charge is 1.17. The lowest BCUT2D eigenvalue weighted by Gasteiger charge is -1.15. The average Bonchev–Trinajstić information content (AvgIpc) is 1.46. The quantitative estimate of drug-likeness (QED) is 0.409. The molecule has 0 saturated carbocycles. The Labute approximate surface area is 35.9 Å². The summed E-state index contributed by atoms with van der Waals surface area (Å²) in [6.07, 6.45) is 0. The Morgan fingerprint density at radius 3 is 1.80 bits per heavy atom. The Hall–Kier alpha value is -0.360. The predicted octanol–water partition coefficient (Wildman–Crippen LogP) is -0.342. The fourth-order valence-electron chi connectivity index (χ4n) is 0. The van der Waals surface area contributed by atoms with Gasteiger partial charge < -0.3 is 0 Å². The highest BCUT2D eigenvalue weighted by atomic mass is 32.1. The van der Waals surface area contributed by atoms with Crippen LogP contribution in [0.4, 0.5) is 0 Å². The molecule has 3 heteroatoms. The molecule has 0 aliphatic carbocycles. The monoisotopic (exact) mass is 91.0 g/mol. The maximum absolute atomic E-state index is 8.06. The van der Waals surface area contributed by atoms with E-state index in [-0.39, 0.29) is 0 Å². The Balaban J connectivity index is 0. The topological polar surface area (TPSA) is 40.9 Å². The summed E-state index contributed by atoms with van der Waals surface area (Å²) in [6, 6.07) is 1.75. The van der Waals surface area contributed by atoms with Crippen molar-refractivity contribution in [1.29, 1.82) is 5.26 Å². The van der Waals surface area contributed by atoms with Crippen molar-refractivity contribution < 1.29 is 4.21 Å². The molecular formula is C2H5NOS. The Morgan fingerprint density at radius 2 is 1.80 bits per heavy atom. The molecule has 0 spiro atoms. The molecular weight excluding hydrogens is 86.1 g/mol. The van der Waals surface area contributed by atoms with E-state index in [4.69, 9.17) is 9.47 Å².